The first-order valence-electron chi connectivity index (χ1n) is 13.4. The van der Waals surface area contributed by atoms with Gasteiger partial charge >= 0.3 is 6.03 Å². The predicted molar refractivity (Wildman–Crippen MR) is 154 cm³/mol. The van der Waals surface area contributed by atoms with Gasteiger partial charge in [0, 0.05) is 44.0 Å². The van der Waals surface area contributed by atoms with E-state index < -0.39 is 28.2 Å². The van der Waals surface area contributed by atoms with Crippen LogP contribution in [0.25, 0.3) is 0 Å². The summed E-state index contributed by atoms with van der Waals surface area (Å²) in [6.07, 6.45) is 2.13. The van der Waals surface area contributed by atoms with Crippen molar-refractivity contribution in [1.29, 1.82) is 0 Å². The second-order valence-corrected chi connectivity index (χ2v) is 12.6. The van der Waals surface area contributed by atoms with Crippen molar-refractivity contribution in [3.63, 3.8) is 0 Å². The molecule has 3 heterocycles. The van der Waals surface area contributed by atoms with Crippen molar-refractivity contribution in [2.24, 2.45) is 13.0 Å². The molecule has 3 amide bonds. The average molecular weight is 604 g/mol. The molecule has 3 N–H and O–H groups in total. The van der Waals surface area contributed by atoms with Crippen molar-refractivity contribution in [1.82, 2.24) is 23.9 Å². The number of rotatable bonds is 8. The molecule has 0 saturated carbocycles. The highest BCUT2D eigenvalue weighted by Crippen LogP contribution is 2.30. The number of aryl methyl sites for hydroxylation is 3. The van der Waals surface area contributed by atoms with Crippen LogP contribution in [0.4, 0.5) is 16.2 Å². The van der Waals surface area contributed by atoms with E-state index in [4.69, 9.17) is 9.26 Å². The van der Waals surface area contributed by atoms with Crippen LogP contribution < -0.4 is 15.4 Å². The summed E-state index contributed by atoms with van der Waals surface area (Å²) in [6.45, 7) is 6.98. The number of anilines is 2. The normalized spacial score (nSPS) is 18.5. The number of likely N-dealkylation sites (N-methyl/N-ethyl adjacent to an activating group) is 1. The summed E-state index contributed by atoms with van der Waals surface area (Å²) >= 11 is 0. The Morgan fingerprint density at radius 1 is 1.29 bits per heavy atom. The number of nitrogens with one attached hydrogen (secondary N) is 2. The molecule has 0 saturated heterocycles. The van der Waals surface area contributed by atoms with Gasteiger partial charge in [-0.05, 0) is 39.0 Å². The molecule has 228 valence electrons. The SMILES string of the molecule is Cc1noc(C)c1NC(=O)Nc1ccc2c(c1)CC(=O)N([C@H](C)CO)C[C@@H](C)[C@@H](CN(C)S(=O)(=O)c1cn(C)cn1)O2. The Morgan fingerprint density at radius 2 is 2.02 bits per heavy atom. The number of hydrogen-bond acceptors (Lipinski definition) is 9. The molecule has 0 fully saturated rings. The minimum absolute atomic E-state index is 0.0190. The number of carbonyl (C=O) groups is 2. The van der Waals surface area contributed by atoms with Gasteiger partial charge in [0.1, 0.15) is 23.2 Å². The lowest BCUT2D eigenvalue weighted by Crippen LogP contribution is -2.48. The number of sulfonamides is 1. The lowest BCUT2D eigenvalue weighted by atomic mass is 10.0. The third-order valence-electron chi connectivity index (χ3n) is 7.24. The van der Waals surface area contributed by atoms with Gasteiger partial charge in [-0.3, -0.25) is 4.79 Å². The summed E-state index contributed by atoms with van der Waals surface area (Å²) in [5, 5.41) is 19.1. The number of benzene rings is 1. The maximum Gasteiger partial charge on any atom is 0.323 e. The van der Waals surface area contributed by atoms with Gasteiger partial charge in [-0.2, -0.15) is 4.31 Å². The molecule has 2 aromatic heterocycles. The molecule has 3 atom stereocenters. The molecule has 3 aromatic rings. The van der Waals surface area contributed by atoms with E-state index in [0.29, 0.717) is 34.1 Å². The Morgan fingerprint density at radius 3 is 2.64 bits per heavy atom. The van der Waals surface area contributed by atoms with E-state index in [0.717, 1.165) is 0 Å². The molecule has 0 spiro atoms. The molecule has 42 heavy (non-hydrogen) atoms. The fourth-order valence-electron chi connectivity index (χ4n) is 4.70. The molecule has 4 rings (SSSR count). The van der Waals surface area contributed by atoms with Gasteiger partial charge in [-0.15, -0.1) is 0 Å². The van der Waals surface area contributed by atoms with Gasteiger partial charge in [0.2, 0.25) is 5.91 Å². The summed E-state index contributed by atoms with van der Waals surface area (Å²) in [7, 11) is -0.766. The van der Waals surface area contributed by atoms with Crippen LogP contribution in [-0.4, -0.2) is 88.3 Å². The highest BCUT2D eigenvalue weighted by Gasteiger charge is 2.34. The number of carbonyl (C=O) groups excluding carboxylic acids is 2. The van der Waals surface area contributed by atoms with E-state index in [-0.39, 0.29) is 43.0 Å². The van der Waals surface area contributed by atoms with Crippen molar-refractivity contribution in [2.75, 3.05) is 37.4 Å². The number of hydrogen-bond donors (Lipinski definition) is 3. The summed E-state index contributed by atoms with van der Waals surface area (Å²) in [5.41, 5.74) is 1.91. The number of imidazole rings is 1. The molecule has 0 bridgehead atoms. The number of urea groups is 1. The van der Waals surface area contributed by atoms with Gasteiger partial charge in [0.25, 0.3) is 10.0 Å². The second kappa shape index (κ2) is 12.5. The van der Waals surface area contributed by atoms with Crippen molar-refractivity contribution in [2.45, 2.75) is 51.3 Å². The monoisotopic (exact) mass is 603 g/mol. The van der Waals surface area contributed by atoms with E-state index in [1.165, 1.54) is 23.9 Å². The molecule has 0 aliphatic carbocycles. The Bertz CT molecular complexity index is 1530. The van der Waals surface area contributed by atoms with Crippen molar-refractivity contribution in [3.8, 4) is 5.75 Å². The molecule has 0 radical (unpaired) electrons. The fourth-order valence-corrected chi connectivity index (χ4v) is 5.84. The fraction of sp³-hybridized carbons (Fsp3) is 0.481. The van der Waals surface area contributed by atoms with Gasteiger partial charge in [0.15, 0.2) is 10.8 Å². The minimum atomic E-state index is -3.91. The van der Waals surface area contributed by atoms with Gasteiger partial charge < -0.3 is 34.5 Å². The Balaban J connectivity index is 1.62. The zero-order valence-corrected chi connectivity index (χ0v) is 25.3. The summed E-state index contributed by atoms with van der Waals surface area (Å²) < 4.78 is 40.6. The molecule has 1 aliphatic rings. The predicted octanol–water partition coefficient (Wildman–Crippen LogP) is 2.14. The zero-order valence-electron chi connectivity index (χ0n) is 24.5. The Kier molecular flexibility index (Phi) is 9.23. The number of ether oxygens (including phenoxy) is 1. The first-order valence-corrected chi connectivity index (χ1v) is 14.9. The first kappa shape index (κ1) is 31.0. The van der Waals surface area contributed by atoms with Crippen LogP contribution in [0.1, 0.15) is 30.9 Å². The standard InChI is InChI=1S/C27H37N7O7S/c1-16-11-34(17(2)14-35)25(36)10-20-9-21(29-27(37)30-26-18(3)31-41-19(26)4)7-8-22(20)40-23(16)12-33(6)42(38,39)24-13-32(5)15-28-24/h7-9,13,15-17,23,35H,10-12,14H2,1-6H3,(H2,29,30,37)/t16-,17-,23-/m1/s1. The van der Waals surface area contributed by atoms with Crippen LogP contribution in [0.5, 0.6) is 5.75 Å². The minimum Gasteiger partial charge on any atom is -0.488 e. The molecule has 1 aromatic carbocycles. The quantitative estimate of drug-likeness (QED) is 0.349. The first-order chi connectivity index (χ1) is 19.8. The molecular formula is C27H37N7O7S. The maximum absolute atomic E-state index is 13.4. The highest BCUT2D eigenvalue weighted by molar-refractivity contribution is 7.89. The smallest absolute Gasteiger partial charge is 0.323 e. The number of amides is 3. The van der Waals surface area contributed by atoms with Crippen LogP contribution in [-0.2, 0) is 28.3 Å². The Hall–Kier alpha value is -3.95. The molecule has 1 aliphatic heterocycles. The number of aliphatic hydroxyl groups excluding tert-OH is 1. The average Bonchev–Trinajstić information content (AvgIpc) is 3.53. The zero-order chi connectivity index (χ0) is 30.8. The van der Waals surface area contributed by atoms with E-state index >= 15 is 0 Å². The van der Waals surface area contributed by atoms with Gasteiger partial charge in [-0.1, -0.05) is 12.1 Å². The van der Waals surface area contributed by atoms with Crippen LogP contribution >= 0.6 is 0 Å². The summed E-state index contributed by atoms with van der Waals surface area (Å²) in [5.74, 6) is 0.304. The lowest BCUT2D eigenvalue weighted by molar-refractivity contribution is -0.134. The molecule has 0 unspecified atom stereocenters. The lowest BCUT2D eigenvalue weighted by Gasteiger charge is -2.33. The van der Waals surface area contributed by atoms with Gasteiger partial charge in [-0.25, -0.2) is 18.2 Å². The van der Waals surface area contributed by atoms with Crippen LogP contribution in [0.3, 0.4) is 0 Å². The summed E-state index contributed by atoms with van der Waals surface area (Å²) in [4.78, 5) is 31.7. The van der Waals surface area contributed by atoms with Crippen LogP contribution in [0, 0.1) is 19.8 Å². The van der Waals surface area contributed by atoms with Crippen molar-refractivity contribution in [3.05, 3.63) is 47.7 Å². The largest absolute Gasteiger partial charge is 0.488 e. The maximum atomic E-state index is 13.4. The van der Waals surface area contributed by atoms with E-state index in [1.54, 1.807) is 55.5 Å². The number of nitrogens with zero attached hydrogens (tertiary/aromatic N) is 5. The topological polar surface area (TPSA) is 172 Å². The van der Waals surface area contributed by atoms with Crippen LogP contribution in [0.2, 0.25) is 0 Å². The molecule has 14 nitrogen and oxygen atoms in total. The van der Waals surface area contributed by atoms with Crippen molar-refractivity contribution < 1.29 is 32.4 Å². The highest BCUT2D eigenvalue weighted by atomic mass is 32.2. The third-order valence-corrected chi connectivity index (χ3v) is 8.95. The van der Waals surface area contributed by atoms with E-state index in [9.17, 15) is 23.1 Å². The Labute approximate surface area is 244 Å². The third kappa shape index (κ3) is 6.74. The summed E-state index contributed by atoms with van der Waals surface area (Å²) in [6, 6.07) is 3.93. The van der Waals surface area contributed by atoms with Crippen molar-refractivity contribution >= 4 is 33.3 Å². The van der Waals surface area contributed by atoms with Gasteiger partial charge in [0.05, 0.1) is 31.9 Å². The molecular weight excluding hydrogens is 566 g/mol. The molecule has 15 heteroatoms. The van der Waals surface area contributed by atoms with Crippen LogP contribution in [0.15, 0.2) is 40.3 Å². The van der Waals surface area contributed by atoms with E-state index in [1.807, 2.05) is 6.92 Å². The number of aromatic nitrogens is 3. The number of aliphatic hydroxyl groups is 1. The second-order valence-electron chi connectivity index (χ2n) is 10.7. The number of fused-ring (bicyclic) bond motifs is 1. The van der Waals surface area contributed by atoms with E-state index in [2.05, 4.69) is 20.8 Å².